The second-order valence-corrected chi connectivity index (χ2v) is 4.46. The summed E-state index contributed by atoms with van der Waals surface area (Å²) in [6, 6.07) is 10.9. The molecule has 2 aromatic carbocycles. The van der Waals surface area contributed by atoms with E-state index in [1.807, 2.05) is 0 Å². The highest BCUT2D eigenvalue weighted by Gasteiger charge is 2.17. The van der Waals surface area contributed by atoms with E-state index < -0.39 is 23.9 Å². The lowest BCUT2D eigenvalue weighted by molar-refractivity contribution is -0.182. The van der Waals surface area contributed by atoms with E-state index in [1.54, 1.807) is 0 Å². The normalized spacial score (nSPS) is 8.96. The van der Waals surface area contributed by atoms with E-state index in [0.29, 0.717) is 0 Å². The van der Waals surface area contributed by atoms with Crippen LogP contribution in [0.1, 0.15) is 41.4 Å². The van der Waals surface area contributed by atoms with Gasteiger partial charge in [-0.3, -0.25) is 9.78 Å². The van der Waals surface area contributed by atoms with Crippen molar-refractivity contribution in [2.24, 2.45) is 0 Å². The highest BCUT2D eigenvalue weighted by atomic mass is 24.3. The molecule has 0 aromatic heterocycles. The first kappa shape index (κ1) is 24.0. The second-order valence-electron chi connectivity index (χ2n) is 4.46. The molecule has 0 bridgehead atoms. The fraction of sp³-hybridized carbons (Fsp3) is 0. The smallest absolute Gasteiger partial charge is 0.373 e. The number of rotatable bonds is 4. The quantitative estimate of drug-likeness (QED) is 0.343. The molecule has 0 fully saturated rings. The van der Waals surface area contributed by atoms with Gasteiger partial charge >= 0.3 is 23.9 Å². The van der Waals surface area contributed by atoms with Crippen LogP contribution in [0.2, 0.25) is 0 Å². The van der Waals surface area contributed by atoms with E-state index in [0.717, 1.165) is 0 Å². The number of carboxylic acids is 2. The van der Waals surface area contributed by atoms with Crippen molar-refractivity contribution in [1.82, 2.24) is 0 Å². The third-order valence-electron chi connectivity index (χ3n) is 2.92. The molecule has 0 unspecified atom stereocenters. The summed E-state index contributed by atoms with van der Waals surface area (Å²) in [5.74, 6) is -4.67. The van der Waals surface area contributed by atoms with Gasteiger partial charge in [-0.25, -0.2) is 19.2 Å². The maximum atomic E-state index is 10.8. The predicted octanol–water partition coefficient (Wildman–Crippen LogP) is 1.65. The Morgan fingerprint density at radius 3 is 1.07 bits per heavy atom. The highest BCUT2D eigenvalue weighted by molar-refractivity contribution is 6.02. The Morgan fingerprint density at radius 2 is 0.852 bits per heavy atom. The molecule has 27 heavy (non-hydrogen) atoms. The van der Waals surface area contributed by atoms with Crippen LogP contribution in [0.3, 0.4) is 0 Å². The first-order valence-corrected chi connectivity index (χ1v) is 6.69. The van der Waals surface area contributed by atoms with Crippen molar-refractivity contribution < 1.29 is 49.7 Å². The molecule has 10 nitrogen and oxygen atoms in total. The van der Waals surface area contributed by atoms with E-state index in [9.17, 15) is 19.2 Å². The molecule has 0 amide bonds. The van der Waals surface area contributed by atoms with E-state index in [1.165, 1.54) is 48.5 Å². The maximum Gasteiger partial charge on any atom is 0.373 e. The third kappa shape index (κ3) is 6.67. The molecule has 4 N–H and O–H groups in total. The topological polar surface area (TPSA) is 168 Å². The molecular weight excluding hydrogens is 376 g/mol. The van der Waals surface area contributed by atoms with Crippen LogP contribution in [0.4, 0.5) is 0 Å². The van der Waals surface area contributed by atoms with Crippen LogP contribution >= 0.6 is 0 Å². The van der Waals surface area contributed by atoms with Gasteiger partial charge in [0, 0.05) is 23.1 Å². The molecular formula is C16H12MgO10. The van der Waals surface area contributed by atoms with Gasteiger partial charge in [0.1, 0.15) is 0 Å². The van der Waals surface area contributed by atoms with Crippen molar-refractivity contribution >= 4 is 46.9 Å². The van der Waals surface area contributed by atoms with Crippen LogP contribution in [0, 0.1) is 0 Å². The van der Waals surface area contributed by atoms with Crippen molar-refractivity contribution in [1.29, 1.82) is 0 Å². The van der Waals surface area contributed by atoms with Crippen LogP contribution < -0.4 is 0 Å². The molecule has 0 saturated heterocycles. The minimum Gasteiger partial charge on any atom is -0.478 e. The molecule has 0 spiro atoms. The molecule has 11 heteroatoms. The molecule has 0 aliphatic rings. The van der Waals surface area contributed by atoms with Crippen molar-refractivity contribution in [2.45, 2.75) is 0 Å². The van der Waals surface area contributed by atoms with Gasteiger partial charge in [-0.15, -0.1) is 0 Å². The summed E-state index contributed by atoms with van der Waals surface area (Å²) in [4.78, 5) is 49.6. The largest absolute Gasteiger partial charge is 0.478 e. The molecule has 2 rings (SSSR count). The first-order valence-electron chi connectivity index (χ1n) is 6.69. The van der Waals surface area contributed by atoms with Gasteiger partial charge in [-0.1, -0.05) is 24.3 Å². The van der Waals surface area contributed by atoms with E-state index in [2.05, 4.69) is 9.78 Å². The Hall–Kier alpha value is -2.99. The van der Waals surface area contributed by atoms with Crippen molar-refractivity contribution in [3.05, 3.63) is 70.8 Å². The average molecular weight is 389 g/mol. The molecule has 0 atom stereocenters. The van der Waals surface area contributed by atoms with Crippen LogP contribution in [0.15, 0.2) is 48.5 Å². The summed E-state index contributed by atoms with van der Waals surface area (Å²) in [7, 11) is 0. The lowest BCUT2D eigenvalue weighted by Crippen LogP contribution is -2.09. The van der Waals surface area contributed by atoms with Crippen LogP contribution in [0.5, 0.6) is 0 Å². The molecule has 138 valence electrons. The lowest BCUT2D eigenvalue weighted by atomic mass is 10.1. The third-order valence-corrected chi connectivity index (χ3v) is 2.92. The number of benzene rings is 2. The molecule has 0 saturated carbocycles. The van der Waals surface area contributed by atoms with E-state index in [-0.39, 0.29) is 45.3 Å². The summed E-state index contributed by atoms with van der Waals surface area (Å²) in [6.45, 7) is 0. The SMILES string of the molecule is O=C(O)c1ccccc1C(=O)OO.O=C(O)c1ccccc1C(=O)OO.[Mg]. The van der Waals surface area contributed by atoms with E-state index in [4.69, 9.17) is 20.7 Å². The number of hydrogen-bond donors (Lipinski definition) is 4. The second kappa shape index (κ2) is 11.6. The Balaban J connectivity index is 0.000000483. The zero-order chi connectivity index (χ0) is 19.7. The minimum atomic E-state index is -1.25. The summed E-state index contributed by atoms with van der Waals surface area (Å²) in [5, 5.41) is 33.3. The minimum absolute atomic E-state index is 0. The lowest BCUT2D eigenvalue weighted by Gasteiger charge is -2.00. The Kier molecular flexibility index (Phi) is 10.3. The molecule has 0 aliphatic heterocycles. The Labute approximate surface area is 167 Å². The number of carboxylic acid groups (broad SMARTS) is 2. The number of carbonyl (C=O) groups is 4. The van der Waals surface area contributed by atoms with Gasteiger partial charge < -0.3 is 10.2 Å². The average Bonchev–Trinajstić information content (AvgIpc) is 2.67. The number of carbonyl (C=O) groups excluding carboxylic acids is 2. The summed E-state index contributed by atoms with van der Waals surface area (Å²) in [5.41, 5.74) is -0.780. The highest BCUT2D eigenvalue weighted by Crippen LogP contribution is 2.10. The van der Waals surface area contributed by atoms with Gasteiger partial charge in [0.25, 0.3) is 0 Å². The maximum absolute atomic E-state index is 10.8. The standard InChI is InChI=1S/2C8H6O5.Mg/c2*9-7(10)5-3-1-2-4-6(5)8(11)13-12;/h2*1-4,12H,(H,9,10);. The van der Waals surface area contributed by atoms with Crippen molar-refractivity contribution in [3.63, 3.8) is 0 Å². The summed E-state index contributed by atoms with van der Waals surface area (Å²) < 4.78 is 0. The first-order chi connectivity index (χ1) is 12.3. The number of aromatic carboxylic acids is 2. The monoisotopic (exact) mass is 388 g/mol. The molecule has 2 aromatic rings. The summed E-state index contributed by atoms with van der Waals surface area (Å²) in [6.07, 6.45) is 0. The van der Waals surface area contributed by atoms with Gasteiger partial charge in [0.15, 0.2) is 0 Å². The van der Waals surface area contributed by atoms with Gasteiger partial charge in [0.05, 0.1) is 22.3 Å². The van der Waals surface area contributed by atoms with Crippen LogP contribution in [-0.2, 0) is 9.78 Å². The van der Waals surface area contributed by atoms with Crippen molar-refractivity contribution in [3.8, 4) is 0 Å². The Morgan fingerprint density at radius 1 is 0.593 bits per heavy atom. The van der Waals surface area contributed by atoms with Gasteiger partial charge in [-0.05, 0) is 24.3 Å². The zero-order valence-corrected chi connectivity index (χ0v) is 15.0. The fourth-order valence-electron chi connectivity index (χ4n) is 1.79. The van der Waals surface area contributed by atoms with E-state index >= 15 is 0 Å². The number of hydrogen-bond acceptors (Lipinski definition) is 8. The van der Waals surface area contributed by atoms with Gasteiger partial charge in [0.2, 0.25) is 0 Å². The Bertz CT molecular complexity index is 764. The molecule has 2 radical (unpaired) electrons. The zero-order valence-electron chi connectivity index (χ0n) is 13.6. The predicted molar refractivity (Wildman–Crippen MR) is 88.6 cm³/mol. The van der Waals surface area contributed by atoms with Crippen LogP contribution in [-0.4, -0.2) is 67.7 Å². The van der Waals surface area contributed by atoms with Crippen LogP contribution in [0.25, 0.3) is 0 Å². The van der Waals surface area contributed by atoms with Crippen molar-refractivity contribution in [2.75, 3.05) is 0 Å². The fourth-order valence-corrected chi connectivity index (χ4v) is 1.79. The molecule has 0 aliphatic carbocycles. The molecule has 0 heterocycles. The summed E-state index contributed by atoms with van der Waals surface area (Å²) >= 11 is 0. The van der Waals surface area contributed by atoms with Gasteiger partial charge in [-0.2, -0.15) is 10.5 Å².